The molecule has 1 aromatic heterocycles. The molecule has 0 saturated heterocycles. The lowest BCUT2D eigenvalue weighted by Crippen LogP contribution is -2.16. The SMILES string of the molecule is COc1ccc(NC(=O)CCc2c(C)c3ccc(C)cc3oc2=O)cc1O. The molecular formula is C21H21NO5. The Morgan fingerprint density at radius 1 is 1.19 bits per heavy atom. The van der Waals surface area contributed by atoms with Crippen LogP contribution in [0.5, 0.6) is 11.5 Å². The molecule has 0 spiro atoms. The molecule has 3 rings (SSSR count). The van der Waals surface area contributed by atoms with Gasteiger partial charge in [-0.25, -0.2) is 4.79 Å². The van der Waals surface area contributed by atoms with E-state index < -0.39 is 5.63 Å². The molecule has 2 aromatic carbocycles. The summed E-state index contributed by atoms with van der Waals surface area (Å²) in [5, 5.41) is 13.3. The Bertz CT molecular complexity index is 1070. The monoisotopic (exact) mass is 367 g/mol. The van der Waals surface area contributed by atoms with E-state index in [0.29, 0.717) is 22.6 Å². The van der Waals surface area contributed by atoms with Gasteiger partial charge in [0.25, 0.3) is 0 Å². The Kier molecular flexibility index (Phi) is 5.16. The number of aryl methyl sites for hydroxylation is 2. The van der Waals surface area contributed by atoms with Gasteiger partial charge in [0.15, 0.2) is 11.5 Å². The van der Waals surface area contributed by atoms with Crippen LogP contribution in [0, 0.1) is 13.8 Å². The van der Waals surface area contributed by atoms with Gasteiger partial charge in [0.1, 0.15) is 5.58 Å². The Labute approximate surface area is 156 Å². The van der Waals surface area contributed by atoms with Crippen molar-refractivity contribution in [3.63, 3.8) is 0 Å². The zero-order valence-corrected chi connectivity index (χ0v) is 15.5. The van der Waals surface area contributed by atoms with Gasteiger partial charge in [-0.2, -0.15) is 0 Å². The number of nitrogens with one attached hydrogen (secondary N) is 1. The van der Waals surface area contributed by atoms with E-state index in [1.54, 1.807) is 12.1 Å². The van der Waals surface area contributed by atoms with Gasteiger partial charge >= 0.3 is 5.63 Å². The summed E-state index contributed by atoms with van der Waals surface area (Å²) in [6.07, 6.45) is 0.391. The van der Waals surface area contributed by atoms with Crippen molar-refractivity contribution >= 4 is 22.6 Å². The number of benzene rings is 2. The van der Waals surface area contributed by atoms with Crippen LogP contribution in [-0.2, 0) is 11.2 Å². The fourth-order valence-corrected chi connectivity index (χ4v) is 3.02. The first-order valence-electron chi connectivity index (χ1n) is 8.59. The third kappa shape index (κ3) is 3.95. The largest absolute Gasteiger partial charge is 0.504 e. The Hall–Kier alpha value is -3.28. The third-order valence-corrected chi connectivity index (χ3v) is 4.51. The minimum Gasteiger partial charge on any atom is -0.504 e. The number of aromatic hydroxyl groups is 1. The minimum absolute atomic E-state index is 0.0587. The molecule has 0 fully saturated rings. The van der Waals surface area contributed by atoms with E-state index in [9.17, 15) is 14.7 Å². The lowest BCUT2D eigenvalue weighted by atomic mass is 10.0. The molecule has 0 unspecified atom stereocenters. The van der Waals surface area contributed by atoms with Gasteiger partial charge in [0.05, 0.1) is 7.11 Å². The van der Waals surface area contributed by atoms with Crippen molar-refractivity contribution < 1.29 is 19.1 Å². The summed E-state index contributed by atoms with van der Waals surface area (Å²) in [4.78, 5) is 24.5. The van der Waals surface area contributed by atoms with E-state index in [1.807, 2.05) is 32.0 Å². The first kappa shape index (κ1) is 18.5. The Morgan fingerprint density at radius 3 is 2.67 bits per heavy atom. The van der Waals surface area contributed by atoms with Crippen LogP contribution >= 0.6 is 0 Å². The molecule has 2 N–H and O–H groups in total. The highest BCUT2D eigenvalue weighted by atomic mass is 16.5. The second-order valence-electron chi connectivity index (χ2n) is 6.43. The van der Waals surface area contributed by atoms with Crippen LogP contribution < -0.4 is 15.7 Å². The highest BCUT2D eigenvalue weighted by Crippen LogP contribution is 2.28. The number of ether oxygens (including phenoxy) is 1. The number of carbonyl (C=O) groups is 1. The standard InChI is InChI=1S/C21H21NO5/c1-12-4-6-15-13(2)16(21(25)27-19(15)10-12)7-9-20(24)22-14-5-8-18(26-3)17(23)11-14/h4-6,8,10-11,23H,7,9H2,1-3H3,(H,22,24). The summed E-state index contributed by atoms with van der Waals surface area (Å²) < 4.78 is 10.4. The minimum atomic E-state index is -0.416. The van der Waals surface area contributed by atoms with Gasteiger partial charge in [0, 0.05) is 29.1 Å². The van der Waals surface area contributed by atoms with Gasteiger partial charge in [-0.3, -0.25) is 4.79 Å². The molecule has 0 aliphatic rings. The zero-order valence-electron chi connectivity index (χ0n) is 15.5. The van der Waals surface area contributed by atoms with Gasteiger partial charge in [-0.05, 0) is 49.6 Å². The molecule has 0 atom stereocenters. The van der Waals surface area contributed by atoms with Crippen LogP contribution in [0.2, 0.25) is 0 Å². The van der Waals surface area contributed by atoms with E-state index >= 15 is 0 Å². The summed E-state index contributed by atoms with van der Waals surface area (Å²) in [7, 11) is 1.45. The van der Waals surface area contributed by atoms with Crippen LogP contribution in [-0.4, -0.2) is 18.1 Å². The number of carbonyl (C=O) groups excluding carboxylic acids is 1. The van der Waals surface area contributed by atoms with Crippen molar-refractivity contribution in [3.8, 4) is 11.5 Å². The van der Waals surface area contributed by atoms with Crippen molar-refractivity contribution in [1.82, 2.24) is 0 Å². The van der Waals surface area contributed by atoms with Crippen LogP contribution in [0.1, 0.15) is 23.1 Å². The third-order valence-electron chi connectivity index (χ3n) is 4.51. The van der Waals surface area contributed by atoms with E-state index in [-0.39, 0.29) is 24.5 Å². The number of methoxy groups -OCH3 is 1. The molecule has 27 heavy (non-hydrogen) atoms. The number of fused-ring (bicyclic) bond motifs is 1. The Morgan fingerprint density at radius 2 is 1.96 bits per heavy atom. The second-order valence-corrected chi connectivity index (χ2v) is 6.43. The average Bonchev–Trinajstić information content (AvgIpc) is 2.61. The summed E-state index contributed by atoms with van der Waals surface area (Å²) in [6.45, 7) is 3.80. The summed E-state index contributed by atoms with van der Waals surface area (Å²) in [5.74, 6) is 0.00612. The normalized spacial score (nSPS) is 10.8. The highest BCUT2D eigenvalue weighted by Gasteiger charge is 2.14. The number of amides is 1. The lowest BCUT2D eigenvalue weighted by molar-refractivity contribution is -0.116. The second kappa shape index (κ2) is 7.53. The molecule has 0 bridgehead atoms. The summed E-state index contributed by atoms with van der Waals surface area (Å²) >= 11 is 0. The molecule has 1 amide bonds. The van der Waals surface area contributed by atoms with Crippen LogP contribution in [0.25, 0.3) is 11.0 Å². The number of hydrogen-bond acceptors (Lipinski definition) is 5. The highest BCUT2D eigenvalue weighted by molar-refractivity contribution is 5.91. The number of phenols is 1. The fourth-order valence-electron chi connectivity index (χ4n) is 3.02. The fraction of sp³-hybridized carbons (Fsp3) is 0.238. The average molecular weight is 367 g/mol. The molecule has 3 aromatic rings. The van der Waals surface area contributed by atoms with E-state index in [2.05, 4.69) is 5.32 Å². The number of rotatable bonds is 5. The summed E-state index contributed by atoms with van der Waals surface area (Å²) in [5.41, 5.74) is 2.94. The Balaban J connectivity index is 1.74. The number of phenolic OH excluding ortho intramolecular Hbond substituents is 1. The lowest BCUT2D eigenvalue weighted by Gasteiger charge is -2.10. The molecule has 1 heterocycles. The summed E-state index contributed by atoms with van der Waals surface area (Å²) in [6, 6.07) is 10.3. The maximum Gasteiger partial charge on any atom is 0.339 e. The van der Waals surface area contributed by atoms with Gasteiger partial charge in [0.2, 0.25) is 5.91 Å². The van der Waals surface area contributed by atoms with Crippen molar-refractivity contribution in [2.24, 2.45) is 0 Å². The van der Waals surface area contributed by atoms with Crippen LogP contribution in [0.15, 0.2) is 45.6 Å². The smallest absolute Gasteiger partial charge is 0.339 e. The molecule has 0 saturated carbocycles. The molecule has 6 heteroatoms. The predicted molar refractivity (Wildman–Crippen MR) is 104 cm³/mol. The van der Waals surface area contributed by atoms with E-state index in [1.165, 1.54) is 13.2 Å². The topological polar surface area (TPSA) is 88.8 Å². The van der Waals surface area contributed by atoms with Crippen molar-refractivity contribution in [1.29, 1.82) is 0 Å². The maximum absolute atomic E-state index is 12.3. The van der Waals surface area contributed by atoms with Gasteiger partial charge < -0.3 is 19.6 Å². The number of anilines is 1. The van der Waals surface area contributed by atoms with Crippen molar-refractivity contribution in [2.75, 3.05) is 12.4 Å². The number of hydrogen-bond donors (Lipinski definition) is 2. The molecule has 0 aliphatic heterocycles. The molecule has 140 valence electrons. The first-order chi connectivity index (χ1) is 12.9. The van der Waals surface area contributed by atoms with Crippen molar-refractivity contribution in [2.45, 2.75) is 26.7 Å². The van der Waals surface area contributed by atoms with Crippen LogP contribution in [0.3, 0.4) is 0 Å². The zero-order chi connectivity index (χ0) is 19.6. The van der Waals surface area contributed by atoms with Gasteiger partial charge in [-0.15, -0.1) is 0 Å². The van der Waals surface area contributed by atoms with Gasteiger partial charge in [-0.1, -0.05) is 12.1 Å². The molecule has 0 aliphatic carbocycles. The quantitative estimate of drug-likeness (QED) is 0.671. The first-order valence-corrected chi connectivity index (χ1v) is 8.59. The van der Waals surface area contributed by atoms with Crippen LogP contribution in [0.4, 0.5) is 5.69 Å². The predicted octanol–water partition coefficient (Wildman–Crippen LogP) is 3.70. The van der Waals surface area contributed by atoms with Crippen molar-refractivity contribution in [3.05, 3.63) is 63.5 Å². The molecule has 6 nitrogen and oxygen atoms in total. The van der Waals surface area contributed by atoms with E-state index in [4.69, 9.17) is 9.15 Å². The molecular weight excluding hydrogens is 346 g/mol. The molecule has 0 radical (unpaired) electrons. The van der Waals surface area contributed by atoms with E-state index in [0.717, 1.165) is 16.5 Å². The maximum atomic E-state index is 12.3.